The molecule has 0 saturated carbocycles. The number of carbonyl (C=O) groups is 1. The standard InChI is InChI=1S/C15H23N3O2/c1-2-6-12-11-14(18-17-12)15(19)16-9-10-20-13-7-4-3-5-8-13/h3-5,7-8,12,14,17-18H,2,6,9-11H2,1H3,(H,16,19). The third kappa shape index (κ3) is 4.51. The van der Waals surface area contributed by atoms with E-state index in [4.69, 9.17) is 4.74 Å². The van der Waals surface area contributed by atoms with E-state index in [1.165, 1.54) is 0 Å². The van der Waals surface area contributed by atoms with E-state index >= 15 is 0 Å². The van der Waals surface area contributed by atoms with Crippen LogP contribution in [0.3, 0.4) is 0 Å². The first-order valence-corrected chi connectivity index (χ1v) is 7.26. The zero-order chi connectivity index (χ0) is 14.2. The highest BCUT2D eigenvalue weighted by molar-refractivity contribution is 5.82. The fourth-order valence-corrected chi connectivity index (χ4v) is 2.31. The second-order valence-electron chi connectivity index (χ2n) is 5.02. The predicted molar refractivity (Wildman–Crippen MR) is 78.3 cm³/mol. The Morgan fingerprint density at radius 1 is 1.35 bits per heavy atom. The van der Waals surface area contributed by atoms with Gasteiger partial charge in [-0.1, -0.05) is 31.5 Å². The molecule has 2 unspecified atom stereocenters. The summed E-state index contributed by atoms with van der Waals surface area (Å²) in [5.74, 6) is 0.859. The average molecular weight is 277 g/mol. The van der Waals surface area contributed by atoms with Crippen LogP contribution in [0.25, 0.3) is 0 Å². The molecule has 5 heteroatoms. The van der Waals surface area contributed by atoms with Gasteiger partial charge in [0.15, 0.2) is 0 Å². The molecule has 0 bridgehead atoms. The van der Waals surface area contributed by atoms with E-state index in [0.717, 1.165) is 25.0 Å². The monoisotopic (exact) mass is 277 g/mol. The molecule has 1 aliphatic rings. The second-order valence-corrected chi connectivity index (χ2v) is 5.02. The lowest BCUT2D eigenvalue weighted by atomic mass is 10.1. The number of ether oxygens (including phenoxy) is 1. The minimum atomic E-state index is -0.136. The number of benzene rings is 1. The van der Waals surface area contributed by atoms with Crippen LogP contribution in [-0.4, -0.2) is 31.1 Å². The molecule has 1 saturated heterocycles. The highest BCUT2D eigenvalue weighted by Gasteiger charge is 2.28. The number of hydrogen-bond acceptors (Lipinski definition) is 4. The maximum absolute atomic E-state index is 11.9. The normalized spacial score (nSPS) is 21.6. The van der Waals surface area contributed by atoms with Crippen LogP contribution in [0.4, 0.5) is 0 Å². The van der Waals surface area contributed by atoms with Crippen molar-refractivity contribution in [3.05, 3.63) is 30.3 Å². The summed E-state index contributed by atoms with van der Waals surface area (Å²) in [6.45, 7) is 3.15. The van der Waals surface area contributed by atoms with Crippen molar-refractivity contribution >= 4 is 5.91 Å². The second kappa shape index (κ2) is 7.87. The predicted octanol–water partition coefficient (Wildman–Crippen LogP) is 1.22. The van der Waals surface area contributed by atoms with E-state index in [1.54, 1.807) is 0 Å². The lowest BCUT2D eigenvalue weighted by molar-refractivity contribution is -0.123. The highest BCUT2D eigenvalue weighted by atomic mass is 16.5. The molecule has 110 valence electrons. The Labute approximate surface area is 120 Å². The van der Waals surface area contributed by atoms with Crippen LogP contribution >= 0.6 is 0 Å². The molecule has 1 aliphatic heterocycles. The molecule has 1 heterocycles. The van der Waals surface area contributed by atoms with E-state index in [1.807, 2.05) is 30.3 Å². The van der Waals surface area contributed by atoms with Gasteiger partial charge in [0.1, 0.15) is 18.4 Å². The largest absolute Gasteiger partial charge is 0.492 e. The van der Waals surface area contributed by atoms with Crippen LogP contribution in [0.5, 0.6) is 5.75 Å². The van der Waals surface area contributed by atoms with Gasteiger partial charge < -0.3 is 10.1 Å². The van der Waals surface area contributed by atoms with Crippen LogP contribution in [-0.2, 0) is 4.79 Å². The Balaban J connectivity index is 1.61. The molecule has 1 aromatic rings. The van der Waals surface area contributed by atoms with Crippen molar-refractivity contribution in [3.63, 3.8) is 0 Å². The summed E-state index contributed by atoms with van der Waals surface area (Å²) in [5.41, 5.74) is 6.21. The van der Waals surface area contributed by atoms with Gasteiger partial charge in [0.25, 0.3) is 0 Å². The Bertz CT molecular complexity index is 411. The van der Waals surface area contributed by atoms with Crippen LogP contribution in [0.1, 0.15) is 26.2 Å². The minimum absolute atomic E-state index is 0.0350. The topological polar surface area (TPSA) is 62.4 Å². The fourth-order valence-electron chi connectivity index (χ4n) is 2.31. The van der Waals surface area contributed by atoms with Crippen LogP contribution in [0, 0.1) is 0 Å². The average Bonchev–Trinajstić information content (AvgIpc) is 2.94. The van der Waals surface area contributed by atoms with Gasteiger partial charge in [-0.2, -0.15) is 0 Å². The third-order valence-electron chi connectivity index (χ3n) is 3.35. The number of para-hydroxylation sites is 1. The van der Waals surface area contributed by atoms with Crippen molar-refractivity contribution in [2.75, 3.05) is 13.2 Å². The lowest BCUT2D eigenvalue weighted by Gasteiger charge is -2.11. The first-order valence-electron chi connectivity index (χ1n) is 7.26. The Kier molecular flexibility index (Phi) is 5.83. The lowest BCUT2D eigenvalue weighted by Crippen LogP contribution is -2.44. The summed E-state index contributed by atoms with van der Waals surface area (Å²) in [6.07, 6.45) is 3.06. The minimum Gasteiger partial charge on any atom is -0.492 e. The van der Waals surface area contributed by atoms with Crippen molar-refractivity contribution in [1.29, 1.82) is 0 Å². The van der Waals surface area contributed by atoms with E-state index in [2.05, 4.69) is 23.1 Å². The fraction of sp³-hybridized carbons (Fsp3) is 0.533. The number of nitrogens with one attached hydrogen (secondary N) is 3. The summed E-state index contributed by atoms with van der Waals surface area (Å²) in [7, 11) is 0. The molecule has 1 amide bonds. The third-order valence-corrected chi connectivity index (χ3v) is 3.35. The SMILES string of the molecule is CCCC1CC(C(=O)NCCOc2ccccc2)NN1. The molecular formula is C15H23N3O2. The van der Waals surface area contributed by atoms with Crippen molar-refractivity contribution in [2.45, 2.75) is 38.3 Å². The van der Waals surface area contributed by atoms with Crippen molar-refractivity contribution < 1.29 is 9.53 Å². The summed E-state index contributed by atoms with van der Waals surface area (Å²) in [4.78, 5) is 11.9. The Hall–Kier alpha value is -1.59. The van der Waals surface area contributed by atoms with E-state index in [-0.39, 0.29) is 11.9 Å². The molecule has 2 atom stereocenters. The first kappa shape index (κ1) is 14.8. The molecule has 2 rings (SSSR count). The van der Waals surface area contributed by atoms with Gasteiger partial charge in [0.2, 0.25) is 5.91 Å². The van der Waals surface area contributed by atoms with Gasteiger partial charge in [-0.25, -0.2) is 5.43 Å². The van der Waals surface area contributed by atoms with Crippen molar-refractivity contribution in [2.24, 2.45) is 0 Å². The summed E-state index contributed by atoms with van der Waals surface area (Å²) in [6, 6.07) is 9.87. The molecular weight excluding hydrogens is 254 g/mol. The molecule has 0 aromatic heterocycles. The number of amides is 1. The number of carbonyl (C=O) groups excluding carboxylic acids is 1. The molecule has 1 aromatic carbocycles. The zero-order valence-electron chi connectivity index (χ0n) is 11.9. The molecule has 1 fully saturated rings. The molecule has 0 radical (unpaired) electrons. The van der Waals surface area contributed by atoms with Gasteiger partial charge in [0.05, 0.1) is 6.54 Å². The van der Waals surface area contributed by atoms with Crippen LogP contribution in [0.2, 0.25) is 0 Å². The van der Waals surface area contributed by atoms with Gasteiger partial charge >= 0.3 is 0 Å². The smallest absolute Gasteiger partial charge is 0.238 e. The van der Waals surface area contributed by atoms with Gasteiger partial charge in [-0.15, -0.1) is 0 Å². The highest BCUT2D eigenvalue weighted by Crippen LogP contribution is 2.10. The van der Waals surface area contributed by atoms with E-state index in [9.17, 15) is 4.79 Å². The summed E-state index contributed by atoms with van der Waals surface area (Å²) in [5, 5.41) is 2.89. The van der Waals surface area contributed by atoms with E-state index < -0.39 is 0 Å². The molecule has 3 N–H and O–H groups in total. The van der Waals surface area contributed by atoms with Crippen molar-refractivity contribution in [1.82, 2.24) is 16.2 Å². The number of rotatable bonds is 7. The van der Waals surface area contributed by atoms with Gasteiger partial charge in [-0.3, -0.25) is 10.2 Å². The molecule has 0 aliphatic carbocycles. The summed E-state index contributed by atoms with van der Waals surface area (Å²) >= 11 is 0. The zero-order valence-corrected chi connectivity index (χ0v) is 11.9. The first-order chi connectivity index (χ1) is 9.79. The van der Waals surface area contributed by atoms with Crippen molar-refractivity contribution in [3.8, 4) is 5.75 Å². The van der Waals surface area contributed by atoms with Gasteiger partial charge in [-0.05, 0) is 25.0 Å². The molecule has 5 nitrogen and oxygen atoms in total. The maximum Gasteiger partial charge on any atom is 0.238 e. The van der Waals surface area contributed by atoms with E-state index in [0.29, 0.717) is 19.2 Å². The molecule has 0 spiro atoms. The van der Waals surface area contributed by atoms with Gasteiger partial charge in [0, 0.05) is 6.04 Å². The quantitative estimate of drug-likeness (QED) is 0.656. The number of hydrazine groups is 1. The number of hydrogen-bond donors (Lipinski definition) is 3. The Morgan fingerprint density at radius 2 is 2.15 bits per heavy atom. The molecule has 20 heavy (non-hydrogen) atoms. The van der Waals surface area contributed by atoms with Crippen LogP contribution < -0.4 is 20.9 Å². The maximum atomic E-state index is 11.9. The summed E-state index contributed by atoms with van der Waals surface area (Å²) < 4.78 is 5.53. The van der Waals surface area contributed by atoms with Crippen LogP contribution in [0.15, 0.2) is 30.3 Å². The Morgan fingerprint density at radius 3 is 2.90 bits per heavy atom.